The summed E-state index contributed by atoms with van der Waals surface area (Å²) in [6, 6.07) is 0. The van der Waals surface area contributed by atoms with Crippen LogP contribution in [0.2, 0.25) is 0 Å². The molecule has 1 aliphatic carbocycles. The molecule has 1 nitrogen and oxygen atoms in total. The highest BCUT2D eigenvalue weighted by Crippen LogP contribution is 2.42. The van der Waals surface area contributed by atoms with Crippen molar-refractivity contribution in [1.82, 2.24) is 5.32 Å². The van der Waals surface area contributed by atoms with Crippen molar-refractivity contribution in [3.8, 4) is 0 Å². The number of nitrogens with one attached hydrogen (secondary N) is 1. The van der Waals surface area contributed by atoms with Crippen LogP contribution in [0.3, 0.4) is 0 Å². The van der Waals surface area contributed by atoms with Crippen LogP contribution in [0, 0.1) is 11.3 Å². The van der Waals surface area contributed by atoms with Crippen LogP contribution >= 0.6 is 0 Å². The molecule has 2 rings (SSSR count). The Balaban J connectivity index is 2.35. The lowest BCUT2D eigenvalue weighted by Crippen LogP contribution is -2.43. The van der Waals surface area contributed by atoms with E-state index in [1.807, 2.05) is 6.08 Å². The molecule has 2 aliphatic rings. The van der Waals surface area contributed by atoms with E-state index in [-0.39, 0.29) is 5.41 Å². The van der Waals surface area contributed by atoms with Crippen LogP contribution in [0.15, 0.2) is 36.0 Å². The molecule has 0 saturated carbocycles. The van der Waals surface area contributed by atoms with Gasteiger partial charge in [0.15, 0.2) is 0 Å². The van der Waals surface area contributed by atoms with Crippen molar-refractivity contribution in [1.29, 1.82) is 0 Å². The summed E-state index contributed by atoms with van der Waals surface area (Å²) in [4.78, 5) is 0. The second kappa shape index (κ2) is 4.41. The Morgan fingerprint density at radius 3 is 2.82 bits per heavy atom. The molecule has 0 spiro atoms. The highest BCUT2D eigenvalue weighted by molar-refractivity contribution is 5.37. The topological polar surface area (TPSA) is 12.0 Å². The fraction of sp³-hybridized carbons (Fsp3) is 0.600. The summed E-state index contributed by atoms with van der Waals surface area (Å²) in [5.41, 5.74) is -0.102. The molecule has 2 heteroatoms. The SMILES string of the molecule is CC1CNCCC1(C)C1=CC(C)(F)C=CC=C1. The predicted molar refractivity (Wildman–Crippen MR) is 70.6 cm³/mol. The molecule has 3 atom stereocenters. The first kappa shape index (κ1) is 12.6. The molecule has 0 amide bonds. The minimum Gasteiger partial charge on any atom is -0.316 e. The first-order valence-electron chi connectivity index (χ1n) is 6.43. The minimum absolute atomic E-state index is 0.0844. The van der Waals surface area contributed by atoms with E-state index in [1.54, 1.807) is 25.2 Å². The molecule has 1 heterocycles. The number of hydrogen-bond donors (Lipinski definition) is 1. The number of rotatable bonds is 1. The Morgan fingerprint density at radius 2 is 2.12 bits per heavy atom. The van der Waals surface area contributed by atoms with Gasteiger partial charge in [0.25, 0.3) is 0 Å². The average molecular weight is 235 g/mol. The summed E-state index contributed by atoms with van der Waals surface area (Å²) in [6.07, 6.45) is 10.3. The van der Waals surface area contributed by atoms with Crippen LogP contribution in [0.4, 0.5) is 4.39 Å². The first-order chi connectivity index (χ1) is 7.94. The van der Waals surface area contributed by atoms with Crippen molar-refractivity contribution in [2.75, 3.05) is 13.1 Å². The quantitative estimate of drug-likeness (QED) is 0.734. The Kier molecular flexibility index (Phi) is 3.26. The predicted octanol–water partition coefficient (Wildman–Crippen LogP) is 3.40. The molecule has 1 aliphatic heterocycles. The smallest absolute Gasteiger partial charge is 0.145 e. The molecule has 0 aromatic rings. The second-order valence-corrected chi connectivity index (χ2v) is 5.74. The summed E-state index contributed by atoms with van der Waals surface area (Å²) >= 11 is 0. The van der Waals surface area contributed by atoms with E-state index in [9.17, 15) is 4.39 Å². The van der Waals surface area contributed by atoms with E-state index in [1.165, 1.54) is 0 Å². The second-order valence-electron chi connectivity index (χ2n) is 5.74. The van der Waals surface area contributed by atoms with Gasteiger partial charge in [0.05, 0.1) is 0 Å². The molecule has 0 radical (unpaired) electrons. The molecule has 1 fully saturated rings. The lowest BCUT2D eigenvalue weighted by molar-refractivity contribution is 0.191. The minimum atomic E-state index is -1.33. The van der Waals surface area contributed by atoms with Crippen molar-refractivity contribution >= 4 is 0 Å². The van der Waals surface area contributed by atoms with E-state index in [0.29, 0.717) is 5.92 Å². The van der Waals surface area contributed by atoms with Crippen LogP contribution in [0.1, 0.15) is 27.2 Å². The third kappa shape index (κ3) is 2.52. The lowest BCUT2D eigenvalue weighted by atomic mass is 9.67. The molecule has 0 bridgehead atoms. The molecule has 3 unspecified atom stereocenters. The van der Waals surface area contributed by atoms with E-state index >= 15 is 0 Å². The fourth-order valence-electron chi connectivity index (χ4n) is 2.73. The number of allylic oxidation sites excluding steroid dienone is 6. The van der Waals surface area contributed by atoms with Gasteiger partial charge in [-0.05, 0) is 55.5 Å². The number of hydrogen-bond acceptors (Lipinski definition) is 1. The summed E-state index contributed by atoms with van der Waals surface area (Å²) in [7, 11) is 0. The van der Waals surface area contributed by atoms with Crippen molar-refractivity contribution in [3.05, 3.63) is 36.0 Å². The van der Waals surface area contributed by atoms with Gasteiger partial charge >= 0.3 is 0 Å². The Bertz CT molecular complexity index is 378. The first-order valence-corrected chi connectivity index (χ1v) is 6.43. The van der Waals surface area contributed by atoms with Gasteiger partial charge in [-0.15, -0.1) is 0 Å². The average Bonchev–Trinajstić information content (AvgIpc) is 2.44. The van der Waals surface area contributed by atoms with Crippen molar-refractivity contribution in [3.63, 3.8) is 0 Å². The summed E-state index contributed by atoms with van der Waals surface area (Å²) in [6.45, 7) is 8.15. The van der Waals surface area contributed by atoms with Crippen molar-refractivity contribution in [2.45, 2.75) is 32.9 Å². The molecular weight excluding hydrogens is 213 g/mol. The Hall–Kier alpha value is -0.890. The summed E-state index contributed by atoms with van der Waals surface area (Å²) in [5.74, 6) is 0.529. The highest BCUT2D eigenvalue weighted by atomic mass is 19.1. The zero-order valence-corrected chi connectivity index (χ0v) is 11.0. The maximum absolute atomic E-state index is 14.2. The zero-order chi connectivity index (χ0) is 12.5. The lowest BCUT2D eigenvalue weighted by Gasteiger charge is -2.41. The zero-order valence-electron chi connectivity index (χ0n) is 11.0. The molecule has 1 saturated heterocycles. The summed E-state index contributed by atoms with van der Waals surface area (Å²) in [5, 5.41) is 3.40. The third-order valence-corrected chi connectivity index (χ3v) is 4.27. The van der Waals surface area contributed by atoms with Crippen LogP contribution in [-0.4, -0.2) is 18.8 Å². The van der Waals surface area contributed by atoms with Crippen LogP contribution in [-0.2, 0) is 0 Å². The normalized spacial score (nSPS) is 42.1. The van der Waals surface area contributed by atoms with Gasteiger partial charge in [-0.3, -0.25) is 0 Å². The largest absolute Gasteiger partial charge is 0.316 e. The van der Waals surface area contributed by atoms with Crippen molar-refractivity contribution < 1.29 is 4.39 Å². The van der Waals surface area contributed by atoms with E-state index in [4.69, 9.17) is 0 Å². The third-order valence-electron chi connectivity index (χ3n) is 4.27. The van der Waals surface area contributed by atoms with Crippen LogP contribution in [0.25, 0.3) is 0 Å². The van der Waals surface area contributed by atoms with Gasteiger partial charge in [-0.25, -0.2) is 4.39 Å². The Morgan fingerprint density at radius 1 is 1.35 bits per heavy atom. The standard InChI is InChI=1S/C15H22FN/c1-12-11-17-9-8-15(12,3)13-6-4-5-7-14(2,16)10-13/h4-7,10,12,17H,8-9,11H2,1-3H3. The molecule has 1 N–H and O–H groups in total. The highest BCUT2D eigenvalue weighted by Gasteiger charge is 2.37. The summed E-state index contributed by atoms with van der Waals surface area (Å²) < 4.78 is 14.2. The maximum Gasteiger partial charge on any atom is 0.145 e. The Labute approximate surface area is 103 Å². The molecular formula is C15H22FN. The molecule has 94 valence electrons. The van der Waals surface area contributed by atoms with E-state index in [0.717, 1.165) is 25.1 Å². The van der Waals surface area contributed by atoms with Gasteiger partial charge in [-0.1, -0.05) is 32.1 Å². The monoisotopic (exact) mass is 235 g/mol. The van der Waals surface area contributed by atoms with Gasteiger partial charge in [0.1, 0.15) is 5.67 Å². The number of piperidine rings is 1. The van der Waals surface area contributed by atoms with E-state index in [2.05, 4.69) is 25.2 Å². The van der Waals surface area contributed by atoms with Crippen LogP contribution < -0.4 is 5.32 Å². The van der Waals surface area contributed by atoms with Gasteiger partial charge in [-0.2, -0.15) is 0 Å². The molecule has 0 aromatic heterocycles. The molecule has 17 heavy (non-hydrogen) atoms. The fourth-order valence-corrected chi connectivity index (χ4v) is 2.73. The number of alkyl halides is 1. The maximum atomic E-state index is 14.2. The molecule has 0 aromatic carbocycles. The van der Waals surface area contributed by atoms with Gasteiger partial charge in [0, 0.05) is 0 Å². The van der Waals surface area contributed by atoms with Gasteiger partial charge < -0.3 is 5.32 Å². The van der Waals surface area contributed by atoms with E-state index < -0.39 is 5.67 Å². The number of halogens is 1. The van der Waals surface area contributed by atoms with Crippen LogP contribution in [0.5, 0.6) is 0 Å². The van der Waals surface area contributed by atoms with Crippen molar-refractivity contribution in [2.24, 2.45) is 11.3 Å². The van der Waals surface area contributed by atoms with Gasteiger partial charge in [0.2, 0.25) is 0 Å².